The SMILES string of the molecule is Cc1cc(F)ccc1CC(=O)c1cn(C)cn1. The molecule has 0 aliphatic carbocycles. The van der Waals surface area contributed by atoms with Crippen LogP contribution in [-0.4, -0.2) is 15.3 Å². The lowest BCUT2D eigenvalue weighted by Gasteiger charge is -2.03. The lowest BCUT2D eigenvalue weighted by Crippen LogP contribution is -2.05. The lowest BCUT2D eigenvalue weighted by molar-refractivity contribution is 0.0988. The number of aryl methyl sites for hydroxylation is 2. The number of hydrogen-bond acceptors (Lipinski definition) is 2. The van der Waals surface area contributed by atoms with Crippen molar-refractivity contribution >= 4 is 5.78 Å². The van der Waals surface area contributed by atoms with Crippen LogP contribution in [0.4, 0.5) is 4.39 Å². The molecule has 4 heteroatoms. The van der Waals surface area contributed by atoms with Gasteiger partial charge in [0, 0.05) is 19.7 Å². The van der Waals surface area contributed by atoms with E-state index >= 15 is 0 Å². The maximum Gasteiger partial charge on any atom is 0.187 e. The van der Waals surface area contributed by atoms with Gasteiger partial charge in [0.15, 0.2) is 5.78 Å². The van der Waals surface area contributed by atoms with Crippen LogP contribution in [0, 0.1) is 12.7 Å². The van der Waals surface area contributed by atoms with Gasteiger partial charge >= 0.3 is 0 Å². The number of ketones is 1. The zero-order valence-electron chi connectivity index (χ0n) is 9.77. The molecule has 0 fully saturated rings. The predicted octanol–water partition coefficient (Wildman–Crippen LogP) is 2.29. The van der Waals surface area contributed by atoms with Gasteiger partial charge in [0.05, 0.1) is 6.33 Å². The third-order valence-electron chi connectivity index (χ3n) is 2.65. The summed E-state index contributed by atoms with van der Waals surface area (Å²) in [6.07, 6.45) is 3.52. The van der Waals surface area contributed by atoms with Gasteiger partial charge in [0.1, 0.15) is 11.5 Å². The third kappa shape index (κ3) is 2.58. The molecule has 17 heavy (non-hydrogen) atoms. The fourth-order valence-corrected chi connectivity index (χ4v) is 1.68. The average Bonchev–Trinajstić information content (AvgIpc) is 2.69. The van der Waals surface area contributed by atoms with Gasteiger partial charge in [-0.25, -0.2) is 9.37 Å². The highest BCUT2D eigenvalue weighted by Gasteiger charge is 2.11. The minimum atomic E-state index is -0.281. The molecule has 0 unspecified atom stereocenters. The van der Waals surface area contributed by atoms with E-state index in [9.17, 15) is 9.18 Å². The van der Waals surface area contributed by atoms with Gasteiger partial charge in [-0.05, 0) is 30.2 Å². The van der Waals surface area contributed by atoms with Crippen molar-refractivity contribution in [2.75, 3.05) is 0 Å². The second-order valence-corrected chi connectivity index (χ2v) is 4.10. The van der Waals surface area contributed by atoms with E-state index in [1.807, 2.05) is 7.05 Å². The second kappa shape index (κ2) is 4.49. The minimum Gasteiger partial charge on any atom is -0.340 e. The molecule has 2 aromatic rings. The van der Waals surface area contributed by atoms with Crippen LogP contribution in [-0.2, 0) is 13.5 Å². The number of nitrogens with zero attached hydrogens (tertiary/aromatic N) is 2. The maximum atomic E-state index is 12.9. The summed E-state index contributed by atoms with van der Waals surface area (Å²) in [6, 6.07) is 4.45. The zero-order valence-corrected chi connectivity index (χ0v) is 9.77. The van der Waals surface area contributed by atoms with Crippen LogP contribution in [0.5, 0.6) is 0 Å². The van der Waals surface area contributed by atoms with Crippen molar-refractivity contribution in [1.29, 1.82) is 0 Å². The number of rotatable bonds is 3. The highest BCUT2D eigenvalue weighted by Crippen LogP contribution is 2.12. The summed E-state index contributed by atoms with van der Waals surface area (Å²) in [6.45, 7) is 1.80. The summed E-state index contributed by atoms with van der Waals surface area (Å²) in [5.41, 5.74) is 2.06. The summed E-state index contributed by atoms with van der Waals surface area (Å²) in [5.74, 6) is -0.336. The molecule has 1 aromatic heterocycles. The van der Waals surface area contributed by atoms with Crippen LogP contribution >= 0.6 is 0 Å². The Morgan fingerprint density at radius 2 is 2.24 bits per heavy atom. The van der Waals surface area contributed by atoms with Crippen molar-refractivity contribution in [3.63, 3.8) is 0 Å². The number of halogens is 1. The van der Waals surface area contributed by atoms with E-state index in [0.717, 1.165) is 11.1 Å². The molecular formula is C13H13FN2O. The van der Waals surface area contributed by atoms with E-state index in [0.29, 0.717) is 5.69 Å². The Morgan fingerprint density at radius 1 is 1.47 bits per heavy atom. The quantitative estimate of drug-likeness (QED) is 0.761. The van der Waals surface area contributed by atoms with E-state index in [4.69, 9.17) is 0 Å². The van der Waals surface area contributed by atoms with Gasteiger partial charge in [0.25, 0.3) is 0 Å². The smallest absolute Gasteiger partial charge is 0.187 e. The van der Waals surface area contributed by atoms with Gasteiger partial charge in [-0.3, -0.25) is 4.79 Å². The third-order valence-corrected chi connectivity index (χ3v) is 2.65. The Balaban J connectivity index is 2.18. The normalized spacial score (nSPS) is 10.5. The first-order valence-electron chi connectivity index (χ1n) is 5.32. The second-order valence-electron chi connectivity index (χ2n) is 4.10. The molecule has 0 saturated heterocycles. The zero-order chi connectivity index (χ0) is 12.4. The summed E-state index contributed by atoms with van der Waals surface area (Å²) in [5, 5.41) is 0. The first-order valence-corrected chi connectivity index (χ1v) is 5.32. The molecule has 0 spiro atoms. The van der Waals surface area contributed by atoms with Crippen LogP contribution in [0.25, 0.3) is 0 Å². The summed E-state index contributed by atoms with van der Waals surface area (Å²) in [4.78, 5) is 15.9. The van der Waals surface area contributed by atoms with Crippen LogP contribution in [0.15, 0.2) is 30.7 Å². The summed E-state index contributed by atoms with van der Waals surface area (Å²) >= 11 is 0. The molecule has 0 aliphatic heterocycles. The molecule has 0 N–H and O–H groups in total. The highest BCUT2D eigenvalue weighted by molar-refractivity contribution is 5.95. The number of carbonyl (C=O) groups excluding carboxylic acids is 1. The van der Waals surface area contributed by atoms with Crippen LogP contribution in [0.1, 0.15) is 21.6 Å². The van der Waals surface area contributed by atoms with Crippen molar-refractivity contribution in [3.8, 4) is 0 Å². The molecule has 0 radical (unpaired) electrons. The van der Waals surface area contributed by atoms with E-state index in [2.05, 4.69) is 4.98 Å². The topological polar surface area (TPSA) is 34.9 Å². The fraction of sp³-hybridized carbons (Fsp3) is 0.231. The maximum absolute atomic E-state index is 12.9. The number of imidazole rings is 1. The fourth-order valence-electron chi connectivity index (χ4n) is 1.68. The lowest BCUT2D eigenvalue weighted by atomic mass is 10.0. The molecular weight excluding hydrogens is 219 g/mol. The molecule has 0 atom stereocenters. The number of Topliss-reactive ketones (excluding diaryl/α,β-unsaturated/α-hetero) is 1. The number of carbonyl (C=O) groups is 1. The van der Waals surface area contributed by atoms with E-state index in [1.54, 1.807) is 30.1 Å². The molecule has 0 amide bonds. The Kier molecular flexibility index (Phi) is 3.04. The first-order chi connectivity index (χ1) is 8.06. The standard InChI is InChI=1S/C13H13FN2O/c1-9-5-11(14)4-3-10(9)6-13(17)12-7-16(2)8-15-12/h3-5,7-8H,6H2,1-2H3. The van der Waals surface area contributed by atoms with E-state index in [-0.39, 0.29) is 18.0 Å². The monoisotopic (exact) mass is 232 g/mol. The molecule has 0 aliphatic rings. The molecule has 1 aromatic carbocycles. The Labute approximate surface area is 98.9 Å². The van der Waals surface area contributed by atoms with E-state index in [1.165, 1.54) is 12.1 Å². The summed E-state index contributed by atoms with van der Waals surface area (Å²) in [7, 11) is 1.81. The van der Waals surface area contributed by atoms with Crippen LogP contribution in [0.3, 0.4) is 0 Å². The van der Waals surface area contributed by atoms with Crippen molar-refractivity contribution in [2.24, 2.45) is 7.05 Å². The van der Waals surface area contributed by atoms with Gasteiger partial charge in [-0.2, -0.15) is 0 Å². The highest BCUT2D eigenvalue weighted by atomic mass is 19.1. The molecule has 1 heterocycles. The van der Waals surface area contributed by atoms with Crippen molar-refractivity contribution < 1.29 is 9.18 Å². The van der Waals surface area contributed by atoms with E-state index < -0.39 is 0 Å². The molecule has 88 valence electrons. The van der Waals surface area contributed by atoms with Crippen LogP contribution in [0.2, 0.25) is 0 Å². The minimum absolute atomic E-state index is 0.0553. The summed E-state index contributed by atoms with van der Waals surface area (Å²) < 4.78 is 14.6. The largest absolute Gasteiger partial charge is 0.340 e. The molecule has 0 bridgehead atoms. The van der Waals surface area contributed by atoms with Gasteiger partial charge in [-0.15, -0.1) is 0 Å². The number of aromatic nitrogens is 2. The predicted molar refractivity (Wildman–Crippen MR) is 62.4 cm³/mol. The average molecular weight is 232 g/mol. The Hall–Kier alpha value is -1.97. The Morgan fingerprint density at radius 3 is 2.82 bits per heavy atom. The van der Waals surface area contributed by atoms with Gasteiger partial charge in [0.2, 0.25) is 0 Å². The molecule has 2 rings (SSSR count). The number of hydrogen-bond donors (Lipinski definition) is 0. The van der Waals surface area contributed by atoms with Gasteiger partial charge < -0.3 is 4.57 Å². The molecule has 0 saturated carbocycles. The number of benzene rings is 1. The van der Waals surface area contributed by atoms with Crippen molar-refractivity contribution in [2.45, 2.75) is 13.3 Å². The first kappa shape index (κ1) is 11.5. The van der Waals surface area contributed by atoms with Crippen LogP contribution < -0.4 is 0 Å². The Bertz CT molecular complexity index is 560. The van der Waals surface area contributed by atoms with Crippen molar-refractivity contribution in [1.82, 2.24) is 9.55 Å². The van der Waals surface area contributed by atoms with Gasteiger partial charge in [-0.1, -0.05) is 6.07 Å². The molecule has 3 nitrogen and oxygen atoms in total. The van der Waals surface area contributed by atoms with Crippen molar-refractivity contribution in [3.05, 3.63) is 53.4 Å².